The van der Waals surface area contributed by atoms with Gasteiger partial charge < -0.3 is 14.8 Å². The Balaban J connectivity index is 1.57. The summed E-state index contributed by atoms with van der Waals surface area (Å²) in [4.78, 5) is 17.0. The average Bonchev–Trinajstić information content (AvgIpc) is 3.41. The highest BCUT2D eigenvalue weighted by atomic mass is 35.5. The molecule has 1 aliphatic heterocycles. The van der Waals surface area contributed by atoms with Crippen molar-refractivity contribution < 1.29 is 9.84 Å². The number of ether oxygens (including phenoxy) is 1. The molecular weight excluding hydrogens is 437 g/mol. The predicted octanol–water partition coefficient (Wildman–Crippen LogP) is 3.80. The van der Waals surface area contributed by atoms with Gasteiger partial charge in [0, 0.05) is 47.5 Å². The maximum atomic E-state index is 12.0. The van der Waals surface area contributed by atoms with Crippen molar-refractivity contribution in [2.75, 3.05) is 13.1 Å². The van der Waals surface area contributed by atoms with Crippen molar-refractivity contribution in [3.8, 4) is 17.0 Å². The molecular formula is C23H23Cl2N3O3. The van der Waals surface area contributed by atoms with E-state index >= 15 is 0 Å². The lowest BCUT2D eigenvalue weighted by Crippen LogP contribution is -2.39. The standard InChI is InChI=1S/C23H23Cl2N3O3/c1-27-20(11-26-23(27)30)15-4-2-3-5-21(15)31-22-17-8-13(24)9-18(25)16(17)10-19(22)28-7-6-14(29)12-28/h2-5,8-9,11,14,19,22,29H,6-7,10,12H2,1H3,(H,26,30)/t14-,19-,22+/m1/s1. The maximum Gasteiger partial charge on any atom is 0.325 e. The van der Waals surface area contributed by atoms with Gasteiger partial charge in [0.25, 0.3) is 0 Å². The number of H-pyrrole nitrogens is 1. The Morgan fingerprint density at radius 3 is 2.74 bits per heavy atom. The SMILES string of the molecule is Cn1c(-c2ccccc2O[C@H]2c3cc(Cl)cc(Cl)c3C[C@H]2N2CC[C@@H](O)C2)c[nH]c1=O. The van der Waals surface area contributed by atoms with Gasteiger partial charge in [0.05, 0.1) is 17.8 Å². The van der Waals surface area contributed by atoms with Crippen LogP contribution in [0.2, 0.25) is 10.0 Å². The van der Waals surface area contributed by atoms with Crippen molar-refractivity contribution in [1.82, 2.24) is 14.5 Å². The molecule has 0 amide bonds. The van der Waals surface area contributed by atoms with Crippen molar-refractivity contribution >= 4 is 23.2 Å². The van der Waals surface area contributed by atoms with Gasteiger partial charge >= 0.3 is 5.69 Å². The fourth-order valence-corrected chi connectivity index (χ4v) is 5.34. The number of aliphatic hydroxyl groups excluding tert-OH is 1. The van der Waals surface area contributed by atoms with Crippen molar-refractivity contribution in [3.63, 3.8) is 0 Å². The zero-order valence-electron chi connectivity index (χ0n) is 17.0. The molecule has 6 nitrogen and oxygen atoms in total. The summed E-state index contributed by atoms with van der Waals surface area (Å²) in [5.74, 6) is 0.677. The second-order valence-electron chi connectivity index (χ2n) is 8.24. The molecule has 1 fully saturated rings. The van der Waals surface area contributed by atoms with Crippen molar-refractivity contribution in [2.45, 2.75) is 31.1 Å². The first-order valence-electron chi connectivity index (χ1n) is 10.3. The molecule has 3 aromatic rings. The van der Waals surface area contributed by atoms with Crippen LogP contribution in [0, 0.1) is 0 Å². The summed E-state index contributed by atoms with van der Waals surface area (Å²) in [6.07, 6.45) is 2.54. The zero-order valence-corrected chi connectivity index (χ0v) is 18.5. The van der Waals surface area contributed by atoms with E-state index in [0.717, 1.165) is 41.8 Å². The van der Waals surface area contributed by atoms with E-state index in [1.807, 2.05) is 30.3 Å². The smallest absolute Gasteiger partial charge is 0.325 e. The van der Waals surface area contributed by atoms with Gasteiger partial charge in [-0.25, -0.2) is 4.79 Å². The first-order valence-corrected chi connectivity index (χ1v) is 11.1. The summed E-state index contributed by atoms with van der Waals surface area (Å²) < 4.78 is 8.21. The van der Waals surface area contributed by atoms with Crippen LogP contribution in [0.3, 0.4) is 0 Å². The highest BCUT2D eigenvalue weighted by Crippen LogP contribution is 2.44. The van der Waals surface area contributed by atoms with E-state index < -0.39 is 0 Å². The molecule has 1 saturated heterocycles. The number of hydrogen-bond acceptors (Lipinski definition) is 4. The number of aliphatic hydroxyl groups is 1. The van der Waals surface area contributed by atoms with Gasteiger partial charge in [-0.1, -0.05) is 35.3 Å². The van der Waals surface area contributed by atoms with Gasteiger partial charge in [-0.15, -0.1) is 0 Å². The Morgan fingerprint density at radius 2 is 2.03 bits per heavy atom. The van der Waals surface area contributed by atoms with Gasteiger partial charge in [-0.3, -0.25) is 9.47 Å². The topological polar surface area (TPSA) is 70.5 Å². The van der Waals surface area contributed by atoms with E-state index in [9.17, 15) is 9.90 Å². The number of β-amino-alcohol motifs (C(OH)–C–C–N with tert-alkyl or cyclic N) is 1. The number of rotatable bonds is 4. The molecule has 2 heterocycles. The fourth-order valence-electron chi connectivity index (χ4n) is 4.76. The summed E-state index contributed by atoms with van der Waals surface area (Å²) in [5.41, 5.74) is 3.40. The highest BCUT2D eigenvalue weighted by molar-refractivity contribution is 6.35. The number of benzene rings is 2. The summed E-state index contributed by atoms with van der Waals surface area (Å²) in [6, 6.07) is 11.4. The lowest BCUT2D eigenvalue weighted by atomic mass is 10.1. The van der Waals surface area contributed by atoms with Crippen LogP contribution in [0.1, 0.15) is 23.7 Å². The normalized spacial score (nSPS) is 23.3. The van der Waals surface area contributed by atoms with Crippen LogP contribution in [0.5, 0.6) is 5.75 Å². The molecule has 31 heavy (non-hydrogen) atoms. The van der Waals surface area contributed by atoms with E-state index in [2.05, 4.69) is 9.88 Å². The van der Waals surface area contributed by atoms with Gasteiger partial charge in [0.15, 0.2) is 0 Å². The molecule has 8 heteroatoms. The number of para-hydroxylation sites is 1. The third kappa shape index (κ3) is 3.68. The third-order valence-corrected chi connectivity index (χ3v) is 6.90. The van der Waals surface area contributed by atoms with Crippen LogP contribution in [0.4, 0.5) is 0 Å². The van der Waals surface area contributed by atoms with Crippen LogP contribution >= 0.6 is 23.2 Å². The quantitative estimate of drug-likeness (QED) is 0.622. The first-order chi connectivity index (χ1) is 14.9. The third-order valence-electron chi connectivity index (χ3n) is 6.34. The minimum absolute atomic E-state index is 0.0335. The molecule has 0 saturated carbocycles. The number of imidazole rings is 1. The number of nitrogens with zero attached hydrogens (tertiary/aromatic N) is 2. The zero-order chi connectivity index (χ0) is 21.7. The molecule has 1 aromatic heterocycles. The van der Waals surface area contributed by atoms with E-state index in [4.69, 9.17) is 27.9 Å². The number of fused-ring (bicyclic) bond motifs is 1. The highest BCUT2D eigenvalue weighted by Gasteiger charge is 2.42. The number of aromatic amines is 1. The van der Waals surface area contributed by atoms with Crippen molar-refractivity contribution in [1.29, 1.82) is 0 Å². The second kappa shape index (κ2) is 8.02. The van der Waals surface area contributed by atoms with E-state index in [0.29, 0.717) is 22.3 Å². The molecule has 0 radical (unpaired) electrons. The maximum absolute atomic E-state index is 12.0. The monoisotopic (exact) mass is 459 g/mol. The van der Waals surface area contributed by atoms with E-state index in [1.165, 1.54) is 0 Å². The Labute approximate surface area is 190 Å². The molecule has 0 spiro atoms. The van der Waals surface area contributed by atoms with Gasteiger partial charge in [0.1, 0.15) is 11.9 Å². The van der Waals surface area contributed by atoms with Crippen LogP contribution in [-0.4, -0.2) is 44.8 Å². The molecule has 0 bridgehead atoms. The number of nitrogens with one attached hydrogen (secondary N) is 1. The number of hydrogen-bond donors (Lipinski definition) is 2. The predicted molar refractivity (Wildman–Crippen MR) is 121 cm³/mol. The minimum atomic E-state index is -0.329. The van der Waals surface area contributed by atoms with Crippen molar-refractivity contribution in [3.05, 3.63) is 74.3 Å². The first kappa shape index (κ1) is 20.6. The molecule has 2 aromatic carbocycles. The average molecular weight is 460 g/mol. The van der Waals surface area contributed by atoms with Crippen molar-refractivity contribution in [2.24, 2.45) is 7.05 Å². The molecule has 5 rings (SSSR count). The summed E-state index contributed by atoms with van der Waals surface area (Å²) in [6.45, 7) is 1.41. The molecule has 2 aliphatic rings. The largest absolute Gasteiger partial charge is 0.483 e. The Hall–Kier alpha value is -2.25. The van der Waals surface area contributed by atoms with Crippen LogP contribution in [0.15, 0.2) is 47.4 Å². The summed E-state index contributed by atoms with van der Waals surface area (Å²) in [7, 11) is 1.73. The molecule has 1 aliphatic carbocycles. The lowest BCUT2D eigenvalue weighted by Gasteiger charge is -2.30. The molecule has 162 valence electrons. The molecule has 3 atom stereocenters. The lowest BCUT2D eigenvalue weighted by molar-refractivity contribution is 0.0822. The Bertz CT molecular complexity index is 1190. The van der Waals surface area contributed by atoms with Gasteiger partial charge in [-0.05, 0) is 42.7 Å². The van der Waals surface area contributed by atoms with Gasteiger partial charge in [0.2, 0.25) is 0 Å². The fraction of sp³-hybridized carbons (Fsp3) is 0.348. The summed E-state index contributed by atoms with van der Waals surface area (Å²) >= 11 is 12.9. The van der Waals surface area contributed by atoms with Crippen LogP contribution < -0.4 is 10.4 Å². The molecule has 0 unspecified atom stereocenters. The van der Waals surface area contributed by atoms with Crippen LogP contribution in [0.25, 0.3) is 11.3 Å². The number of likely N-dealkylation sites (tertiary alicyclic amines) is 1. The number of aromatic nitrogens is 2. The van der Waals surface area contributed by atoms with E-state index in [-0.39, 0.29) is 23.9 Å². The van der Waals surface area contributed by atoms with Gasteiger partial charge in [-0.2, -0.15) is 0 Å². The molecule has 2 N–H and O–H groups in total. The Morgan fingerprint density at radius 1 is 1.23 bits per heavy atom. The Kier molecular flexibility index (Phi) is 5.34. The number of halogens is 2. The summed E-state index contributed by atoms with van der Waals surface area (Å²) in [5, 5.41) is 11.3. The van der Waals surface area contributed by atoms with E-state index in [1.54, 1.807) is 23.9 Å². The minimum Gasteiger partial charge on any atom is -0.483 e. The second-order valence-corrected chi connectivity index (χ2v) is 9.08. The van der Waals surface area contributed by atoms with Crippen LogP contribution in [-0.2, 0) is 13.5 Å².